The van der Waals surface area contributed by atoms with E-state index in [2.05, 4.69) is 65.4 Å². The minimum Gasteiger partial charge on any atom is -0.318 e. The molecule has 0 radical (unpaired) electrons. The topological polar surface area (TPSA) is 35.6 Å². The molecule has 0 atom stereocenters. The average molecular weight is 392 g/mol. The first-order chi connectivity index (χ1) is 14.1. The number of likely N-dealkylation sites (tertiary alicyclic amines) is 1. The second kappa shape index (κ2) is 9.00. The molecule has 4 nitrogen and oxygen atoms in total. The number of para-hydroxylation sites is 1. The van der Waals surface area contributed by atoms with E-state index in [4.69, 9.17) is 0 Å². The Kier molecular flexibility index (Phi) is 6.19. The Hall–Kier alpha value is -2.33. The van der Waals surface area contributed by atoms with Crippen LogP contribution >= 0.6 is 0 Å². The van der Waals surface area contributed by atoms with Crippen molar-refractivity contribution < 1.29 is 4.79 Å². The predicted octanol–water partition coefficient (Wildman–Crippen LogP) is 5.47. The molecule has 1 saturated heterocycles. The van der Waals surface area contributed by atoms with E-state index in [0.29, 0.717) is 18.0 Å². The number of carbonyl (C=O) groups is 1. The summed E-state index contributed by atoms with van der Waals surface area (Å²) in [5.74, 6) is 0.391. The van der Waals surface area contributed by atoms with Gasteiger partial charge in [0.2, 0.25) is 0 Å². The van der Waals surface area contributed by atoms with Crippen LogP contribution in [0.2, 0.25) is 0 Å². The van der Waals surface area contributed by atoms with Crippen molar-refractivity contribution in [2.75, 3.05) is 18.4 Å². The molecule has 2 fully saturated rings. The molecule has 2 amide bonds. The van der Waals surface area contributed by atoms with Gasteiger partial charge in [0.05, 0.1) is 0 Å². The summed E-state index contributed by atoms with van der Waals surface area (Å²) in [6.07, 6.45) is 4.40. The van der Waals surface area contributed by atoms with Gasteiger partial charge in [0.25, 0.3) is 0 Å². The number of urea groups is 1. The van der Waals surface area contributed by atoms with Crippen molar-refractivity contribution in [2.24, 2.45) is 0 Å². The summed E-state index contributed by atoms with van der Waals surface area (Å²) >= 11 is 0. The van der Waals surface area contributed by atoms with Crippen molar-refractivity contribution in [1.29, 1.82) is 0 Å². The highest BCUT2D eigenvalue weighted by atomic mass is 16.2. The van der Waals surface area contributed by atoms with Gasteiger partial charge in [-0.1, -0.05) is 62.4 Å². The molecule has 1 aliphatic heterocycles. The molecule has 4 heteroatoms. The number of hydrogen-bond donors (Lipinski definition) is 1. The maximum Gasteiger partial charge on any atom is 0.322 e. The van der Waals surface area contributed by atoms with Crippen molar-refractivity contribution in [3.8, 4) is 0 Å². The molecule has 154 valence electrons. The van der Waals surface area contributed by atoms with Gasteiger partial charge in [0, 0.05) is 37.4 Å². The standard InChI is InChI=1S/C25H33N3O/c1-19(2)23-10-6-7-11-24(23)26-25(29)28(21-12-13-21)22-14-16-27(17-15-22)18-20-8-4-3-5-9-20/h3-11,19,21-22H,12-18H2,1-2H3,(H,26,29). The lowest BCUT2D eigenvalue weighted by Crippen LogP contribution is -2.49. The zero-order chi connectivity index (χ0) is 20.2. The van der Waals surface area contributed by atoms with E-state index >= 15 is 0 Å². The highest BCUT2D eigenvalue weighted by Crippen LogP contribution is 2.33. The molecule has 1 N–H and O–H groups in total. The zero-order valence-electron chi connectivity index (χ0n) is 17.7. The molecule has 2 aliphatic rings. The SMILES string of the molecule is CC(C)c1ccccc1NC(=O)N(C1CC1)C1CCN(Cc2ccccc2)CC1. The molecule has 0 unspecified atom stereocenters. The van der Waals surface area contributed by atoms with Crippen LogP contribution in [-0.2, 0) is 6.54 Å². The van der Waals surface area contributed by atoms with E-state index in [0.717, 1.165) is 51.0 Å². The van der Waals surface area contributed by atoms with Gasteiger partial charge in [-0.3, -0.25) is 4.90 Å². The first kappa shape index (κ1) is 20.0. The maximum atomic E-state index is 13.2. The monoisotopic (exact) mass is 391 g/mol. The first-order valence-corrected chi connectivity index (χ1v) is 11.1. The Morgan fingerprint density at radius 1 is 0.966 bits per heavy atom. The Bertz CT molecular complexity index is 808. The van der Waals surface area contributed by atoms with Crippen LogP contribution in [0.15, 0.2) is 54.6 Å². The first-order valence-electron chi connectivity index (χ1n) is 11.1. The van der Waals surface area contributed by atoms with E-state index in [1.54, 1.807) is 0 Å². The maximum absolute atomic E-state index is 13.2. The fraction of sp³-hybridized carbons (Fsp3) is 0.480. The van der Waals surface area contributed by atoms with Gasteiger partial charge in [-0.15, -0.1) is 0 Å². The number of rotatable bonds is 6. The van der Waals surface area contributed by atoms with Crippen LogP contribution in [0.1, 0.15) is 56.6 Å². The molecular weight excluding hydrogens is 358 g/mol. The average Bonchev–Trinajstić information content (AvgIpc) is 3.55. The zero-order valence-corrected chi connectivity index (χ0v) is 17.7. The van der Waals surface area contributed by atoms with Gasteiger partial charge in [-0.2, -0.15) is 0 Å². The van der Waals surface area contributed by atoms with E-state index in [9.17, 15) is 4.79 Å². The number of anilines is 1. The molecule has 29 heavy (non-hydrogen) atoms. The highest BCUT2D eigenvalue weighted by Gasteiger charge is 2.38. The Balaban J connectivity index is 1.38. The largest absolute Gasteiger partial charge is 0.322 e. The molecule has 0 aromatic heterocycles. The third-order valence-corrected chi connectivity index (χ3v) is 6.20. The van der Waals surface area contributed by atoms with Gasteiger partial charge in [0.1, 0.15) is 0 Å². The molecule has 0 bridgehead atoms. The van der Waals surface area contributed by atoms with Gasteiger partial charge in [-0.25, -0.2) is 4.79 Å². The predicted molar refractivity (Wildman–Crippen MR) is 119 cm³/mol. The van der Waals surface area contributed by atoms with E-state index in [1.807, 2.05) is 18.2 Å². The quantitative estimate of drug-likeness (QED) is 0.709. The number of piperidine rings is 1. The van der Waals surface area contributed by atoms with Crippen molar-refractivity contribution in [3.63, 3.8) is 0 Å². The van der Waals surface area contributed by atoms with E-state index in [1.165, 1.54) is 11.1 Å². The lowest BCUT2D eigenvalue weighted by Gasteiger charge is -2.39. The van der Waals surface area contributed by atoms with E-state index in [-0.39, 0.29) is 6.03 Å². The summed E-state index contributed by atoms with van der Waals surface area (Å²) in [6, 6.07) is 19.7. The number of amides is 2. The fourth-order valence-electron chi connectivity index (χ4n) is 4.47. The van der Waals surface area contributed by atoms with Crippen LogP contribution < -0.4 is 5.32 Å². The lowest BCUT2D eigenvalue weighted by atomic mass is 10.0. The van der Waals surface area contributed by atoms with Crippen LogP contribution in [0, 0.1) is 0 Å². The highest BCUT2D eigenvalue weighted by molar-refractivity contribution is 5.91. The molecule has 0 spiro atoms. The van der Waals surface area contributed by atoms with E-state index < -0.39 is 0 Å². The summed E-state index contributed by atoms with van der Waals surface area (Å²) < 4.78 is 0. The minimum absolute atomic E-state index is 0.0853. The van der Waals surface area contributed by atoms with Crippen LogP contribution in [-0.4, -0.2) is 41.0 Å². The van der Waals surface area contributed by atoms with Gasteiger partial charge >= 0.3 is 6.03 Å². The summed E-state index contributed by atoms with van der Waals surface area (Å²) in [4.78, 5) is 17.9. The molecule has 2 aromatic carbocycles. The van der Waals surface area contributed by atoms with Gasteiger partial charge in [0.15, 0.2) is 0 Å². The second-order valence-electron chi connectivity index (χ2n) is 8.80. The van der Waals surface area contributed by atoms with Gasteiger partial charge < -0.3 is 10.2 Å². The third-order valence-electron chi connectivity index (χ3n) is 6.20. The van der Waals surface area contributed by atoms with Gasteiger partial charge in [-0.05, 0) is 48.8 Å². The molecule has 1 aliphatic carbocycles. The minimum atomic E-state index is 0.0853. The van der Waals surface area contributed by atoms with Crippen LogP contribution in [0.4, 0.5) is 10.5 Å². The second-order valence-corrected chi connectivity index (χ2v) is 8.80. The number of benzene rings is 2. The fourth-order valence-corrected chi connectivity index (χ4v) is 4.47. The Labute approximate surface area is 174 Å². The van der Waals surface area contributed by atoms with Crippen molar-refractivity contribution in [1.82, 2.24) is 9.80 Å². The Morgan fingerprint density at radius 3 is 2.24 bits per heavy atom. The van der Waals surface area contributed by atoms with Crippen LogP contribution in [0.5, 0.6) is 0 Å². The molecular formula is C25H33N3O. The third kappa shape index (κ3) is 4.99. The molecule has 2 aromatic rings. The van der Waals surface area contributed by atoms with Crippen LogP contribution in [0.3, 0.4) is 0 Å². The Morgan fingerprint density at radius 2 is 1.59 bits per heavy atom. The van der Waals surface area contributed by atoms with Crippen molar-refractivity contribution in [2.45, 2.75) is 64.1 Å². The lowest BCUT2D eigenvalue weighted by molar-refractivity contribution is 0.119. The normalized spacial score (nSPS) is 18.0. The number of hydrogen-bond acceptors (Lipinski definition) is 2. The smallest absolute Gasteiger partial charge is 0.318 e. The van der Waals surface area contributed by atoms with Crippen LogP contribution in [0.25, 0.3) is 0 Å². The van der Waals surface area contributed by atoms with Crippen molar-refractivity contribution >= 4 is 11.7 Å². The summed E-state index contributed by atoms with van der Waals surface area (Å²) in [5.41, 5.74) is 3.53. The molecule has 1 saturated carbocycles. The summed E-state index contributed by atoms with van der Waals surface area (Å²) in [5, 5.41) is 3.24. The van der Waals surface area contributed by atoms with Crippen molar-refractivity contribution in [3.05, 3.63) is 65.7 Å². The summed E-state index contributed by atoms with van der Waals surface area (Å²) in [7, 11) is 0. The number of nitrogens with zero attached hydrogens (tertiary/aromatic N) is 2. The summed E-state index contributed by atoms with van der Waals surface area (Å²) in [6.45, 7) is 7.46. The molecule has 1 heterocycles. The number of carbonyl (C=O) groups excluding carboxylic acids is 1. The molecule has 4 rings (SSSR count). The number of nitrogens with one attached hydrogen (secondary N) is 1.